The van der Waals surface area contributed by atoms with E-state index in [1.54, 1.807) is 0 Å². The number of hydrogen-bond acceptors (Lipinski definition) is 6. The minimum absolute atomic E-state index is 0. The Morgan fingerprint density at radius 2 is 1.91 bits per heavy atom. The molecular formula is C21H26ClFN4O4S2. The first-order valence-electron chi connectivity index (χ1n) is 10.4. The standard InChI is InChI=1S/C21H25FN4O4S2.ClH/c1-25-10-8-16-17(12-25)31-21(18(16)19(23)27)24-20(28)13-3-2-9-26(11-13)32(29,30)15-6-4-14(22)5-7-15;/h4-7,13H,2-3,8-12H2,1H3,(H2,23,27)(H,24,28);1H. The van der Waals surface area contributed by atoms with E-state index in [2.05, 4.69) is 10.2 Å². The highest BCUT2D eigenvalue weighted by Crippen LogP contribution is 2.37. The fourth-order valence-corrected chi connectivity index (χ4v) is 7.08. The second kappa shape index (κ2) is 10.1. The molecule has 2 aromatic rings. The Hall–Kier alpha value is -2.05. The zero-order valence-electron chi connectivity index (χ0n) is 18.0. The number of thiophene rings is 1. The third kappa shape index (κ3) is 5.22. The van der Waals surface area contributed by atoms with Gasteiger partial charge in [0.15, 0.2) is 0 Å². The molecule has 2 amide bonds. The van der Waals surface area contributed by atoms with Gasteiger partial charge in [-0.05, 0) is 56.1 Å². The molecule has 33 heavy (non-hydrogen) atoms. The smallest absolute Gasteiger partial charge is 0.251 e. The topological polar surface area (TPSA) is 113 Å². The molecule has 1 saturated heterocycles. The third-order valence-corrected chi connectivity index (χ3v) is 8.95. The summed E-state index contributed by atoms with van der Waals surface area (Å²) in [5.74, 6) is -2.00. The van der Waals surface area contributed by atoms with E-state index in [9.17, 15) is 22.4 Å². The van der Waals surface area contributed by atoms with Crippen LogP contribution in [-0.4, -0.2) is 56.1 Å². The van der Waals surface area contributed by atoms with E-state index in [0.29, 0.717) is 36.4 Å². The summed E-state index contributed by atoms with van der Waals surface area (Å²) < 4.78 is 40.3. The number of sulfonamides is 1. The lowest BCUT2D eigenvalue weighted by Crippen LogP contribution is -2.43. The Morgan fingerprint density at radius 1 is 1.21 bits per heavy atom. The van der Waals surface area contributed by atoms with Gasteiger partial charge < -0.3 is 16.0 Å². The molecular weight excluding hydrogens is 491 g/mol. The van der Waals surface area contributed by atoms with E-state index >= 15 is 0 Å². The molecule has 1 fully saturated rings. The van der Waals surface area contributed by atoms with E-state index in [4.69, 9.17) is 5.73 Å². The normalized spacial score (nSPS) is 19.4. The quantitative estimate of drug-likeness (QED) is 0.633. The minimum Gasteiger partial charge on any atom is -0.365 e. The van der Waals surface area contributed by atoms with Crippen LogP contribution >= 0.6 is 23.7 Å². The molecule has 12 heteroatoms. The van der Waals surface area contributed by atoms with E-state index in [1.807, 2.05) is 7.05 Å². The van der Waals surface area contributed by atoms with Crippen LogP contribution in [0.15, 0.2) is 29.2 Å². The van der Waals surface area contributed by atoms with E-state index in [-0.39, 0.29) is 36.3 Å². The second-order valence-corrected chi connectivity index (χ2v) is 11.2. The predicted octanol–water partition coefficient (Wildman–Crippen LogP) is 2.44. The molecule has 0 spiro atoms. The first-order valence-corrected chi connectivity index (χ1v) is 12.6. The van der Waals surface area contributed by atoms with Gasteiger partial charge in [-0.25, -0.2) is 12.8 Å². The van der Waals surface area contributed by atoms with Crippen LogP contribution in [0.2, 0.25) is 0 Å². The summed E-state index contributed by atoms with van der Waals surface area (Å²) in [6, 6.07) is 4.64. The maximum atomic E-state index is 13.2. The highest BCUT2D eigenvalue weighted by molar-refractivity contribution is 7.89. The van der Waals surface area contributed by atoms with Crippen LogP contribution in [0.4, 0.5) is 9.39 Å². The van der Waals surface area contributed by atoms with Gasteiger partial charge in [0.2, 0.25) is 15.9 Å². The molecule has 0 bridgehead atoms. The minimum atomic E-state index is -3.84. The number of piperidine rings is 1. The lowest BCUT2D eigenvalue weighted by Gasteiger charge is -2.31. The molecule has 3 heterocycles. The number of fused-ring (bicyclic) bond motifs is 1. The number of halogens is 2. The number of nitrogens with two attached hydrogens (primary N) is 1. The van der Waals surface area contributed by atoms with Crippen molar-refractivity contribution in [3.8, 4) is 0 Å². The summed E-state index contributed by atoms with van der Waals surface area (Å²) in [4.78, 5) is 28.3. The van der Waals surface area contributed by atoms with Gasteiger partial charge in [-0.3, -0.25) is 9.59 Å². The molecule has 0 aliphatic carbocycles. The van der Waals surface area contributed by atoms with Gasteiger partial charge in [0, 0.05) is 31.1 Å². The number of carbonyl (C=O) groups is 2. The lowest BCUT2D eigenvalue weighted by atomic mass is 9.98. The summed E-state index contributed by atoms with van der Waals surface area (Å²) in [7, 11) is -1.85. The van der Waals surface area contributed by atoms with Crippen LogP contribution in [0.3, 0.4) is 0 Å². The van der Waals surface area contributed by atoms with Crippen molar-refractivity contribution in [2.24, 2.45) is 11.7 Å². The van der Waals surface area contributed by atoms with Crippen LogP contribution in [0.1, 0.15) is 33.6 Å². The number of primary amides is 1. The number of hydrogen-bond donors (Lipinski definition) is 2. The average Bonchev–Trinajstić information content (AvgIpc) is 3.11. The molecule has 1 unspecified atom stereocenters. The number of benzene rings is 1. The summed E-state index contributed by atoms with van der Waals surface area (Å²) in [5.41, 5.74) is 6.86. The third-order valence-electron chi connectivity index (χ3n) is 5.94. The van der Waals surface area contributed by atoms with Crippen molar-refractivity contribution in [1.82, 2.24) is 9.21 Å². The zero-order valence-corrected chi connectivity index (χ0v) is 20.5. The number of rotatable bonds is 5. The fraction of sp³-hybridized carbons (Fsp3) is 0.429. The van der Waals surface area contributed by atoms with Gasteiger partial charge in [-0.2, -0.15) is 4.31 Å². The number of amides is 2. The van der Waals surface area contributed by atoms with Crippen molar-refractivity contribution < 1.29 is 22.4 Å². The Kier molecular flexibility index (Phi) is 7.80. The van der Waals surface area contributed by atoms with Crippen LogP contribution in [0.5, 0.6) is 0 Å². The molecule has 1 aromatic carbocycles. The summed E-state index contributed by atoms with van der Waals surface area (Å²) in [6.45, 7) is 1.79. The van der Waals surface area contributed by atoms with E-state index < -0.39 is 27.7 Å². The van der Waals surface area contributed by atoms with Gasteiger partial charge in [0.1, 0.15) is 10.8 Å². The van der Waals surface area contributed by atoms with Gasteiger partial charge in [-0.15, -0.1) is 23.7 Å². The molecule has 2 aliphatic heterocycles. The number of nitrogens with zero attached hydrogens (tertiary/aromatic N) is 2. The molecule has 8 nitrogen and oxygen atoms in total. The number of likely N-dealkylation sites (N-methyl/N-ethyl adjacent to an activating group) is 1. The highest BCUT2D eigenvalue weighted by atomic mass is 35.5. The zero-order chi connectivity index (χ0) is 23.0. The Balaban J connectivity index is 0.00000306. The summed E-state index contributed by atoms with van der Waals surface area (Å²) in [6.07, 6.45) is 1.73. The lowest BCUT2D eigenvalue weighted by molar-refractivity contribution is -0.120. The van der Waals surface area contributed by atoms with Gasteiger partial charge in [0.25, 0.3) is 5.91 Å². The van der Waals surface area contributed by atoms with Crippen molar-refractivity contribution in [3.05, 3.63) is 46.1 Å². The van der Waals surface area contributed by atoms with Crippen LogP contribution in [0, 0.1) is 11.7 Å². The van der Waals surface area contributed by atoms with Crippen LogP contribution in [-0.2, 0) is 27.8 Å². The maximum Gasteiger partial charge on any atom is 0.251 e. The van der Waals surface area contributed by atoms with E-state index in [0.717, 1.165) is 29.1 Å². The molecule has 1 atom stereocenters. The summed E-state index contributed by atoms with van der Waals surface area (Å²) >= 11 is 1.35. The van der Waals surface area contributed by atoms with Crippen LogP contribution < -0.4 is 11.1 Å². The predicted molar refractivity (Wildman–Crippen MR) is 127 cm³/mol. The average molecular weight is 517 g/mol. The van der Waals surface area contributed by atoms with Gasteiger partial charge >= 0.3 is 0 Å². The first kappa shape index (κ1) is 25.6. The Morgan fingerprint density at radius 3 is 2.58 bits per heavy atom. The first-order chi connectivity index (χ1) is 15.2. The monoisotopic (exact) mass is 516 g/mol. The number of anilines is 1. The molecule has 180 valence electrons. The maximum absolute atomic E-state index is 13.2. The van der Waals surface area contributed by atoms with Crippen molar-refractivity contribution in [2.45, 2.75) is 30.7 Å². The van der Waals surface area contributed by atoms with Gasteiger partial charge in [0.05, 0.1) is 16.4 Å². The van der Waals surface area contributed by atoms with Gasteiger partial charge in [-0.1, -0.05) is 0 Å². The molecule has 1 aromatic heterocycles. The number of nitrogens with one attached hydrogen (secondary N) is 1. The highest BCUT2D eigenvalue weighted by Gasteiger charge is 2.34. The molecule has 4 rings (SSSR count). The largest absolute Gasteiger partial charge is 0.365 e. The van der Waals surface area contributed by atoms with Crippen molar-refractivity contribution >= 4 is 50.6 Å². The Labute approximate surface area is 202 Å². The summed E-state index contributed by atoms with van der Waals surface area (Å²) in [5, 5.41) is 3.27. The Bertz CT molecular complexity index is 1150. The molecule has 3 N–H and O–H groups in total. The van der Waals surface area contributed by atoms with Crippen LogP contribution in [0.25, 0.3) is 0 Å². The SMILES string of the molecule is CN1CCc2c(sc(NC(=O)C3CCCN(S(=O)(=O)c4ccc(F)cc4)C3)c2C(N)=O)C1.Cl. The fourth-order valence-electron chi connectivity index (χ4n) is 4.22. The second-order valence-electron chi connectivity index (χ2n) is 8.21. The van der Waals surface area contributed by atoms with E-state index in [1.165, 1.54) is 27.8 Å². The molecule has 0 radical (unpaired) electrons. The molecule has 0 saturated carbocycles. The van der Waals surface area contributed by atoms with Crippen molar-refractivity contribution in [1.29, 1.82) is 0 Å². The van der Waals surface area contributed by atoms with Crippen molar-refractivity contribution in [3.63, 3.8) is 0 Å². The van der Waals surface area contributed by atoms with Crippen molar-refractivity contribution in [2.75, 3.05) is 32.0 Å². The number of carbonyl (C=O) groups excluding carboxylic acids is 2. The molecule has 2 aliphatic rings.